The van der Waals surface area contributed by atoms with Crippen molar-refractivity contribution in [2.75, 3.05) is 24.8 Å². The predicted molar refractivity (Wildman–Crippen MR) is 130 cm³/mol. The van der Waals surface area contributed by atoms with Crippen LogP contribution in [0.4, 0.5) is 5.13 Å². The summed E-state index contributed by atoms with van der Waals surface area (Å²) in [4.78, 5) is 40.5. The number of hydrogen-bond acceptors (Lipinski definition) is 8. The first-order chi connectivity index (χ1) is 16.6. The van der Waals surface area contributed by atoms with Crippen LogP contribution >= 0.6 is 11.3 Å². The normalized spacial score (nSPS) is 12.4. The van der Waals surface area contributed by atoms with Crippen LogP contribution in [-0.4, -0.2) is 65.8 Å². The van der Waals surface area contributed by atoms with Crippen LogP contribution in [0.5, 0.6) is 0 Å². The van der Waals surface area contributed by atoms with Crippen LogP contribution in [0.3, 0.4) is 0 Å². The van der Waals surface area contributed by atoms with E-state index in [1.807, 2.05) is 30.3 Å². The Bertz CT molecular complexity index is 1330. The number of ether oxygens (including phenoxy) is 1. The summed E-state index contributed by atoms with van der Waals surface area (Å²) < 4.78 is 29.5. The average molecular weight is 519 g/mol. The number of carboxylic acids is 1. The number of aromatic nitrogens is 2. The number of amides is 2. The summed E-state index contributed by atoms with van der Waals surface area (Å²) in [5.74, 6) is -2.46. The Balaban J connectivity index is 1.71. The molecule has 2 aromatic heterocycles. The number of hydrogen-bond donors (Lipinski definition) is 3. The van der Waals surface area contributed by atoms with Crippen LogP contribution in [0.2, 0.25) is 0 Å². The third-order valence-corrected chi connectivity index (χ3v) is 6.25. The van der Waals surface area contributed by atoms with Crippen molar-refractivity contribution in [3.8, 4) is 11.3 Å². The largest absolute Gasteiger partial charge is 0.478 e. The Kier molecular flexibility index (Phi) is 8.52. The Morgan fingerprint density at radius 1 is 1.23 bits per heavy atom. The topological polar surface area (TPSA) is 157 Å². The van der Waals surface area contributed by atoms with Gasteiger partial charge in [0.05, 0.1) is 30.7 Å². The van der Waals surface area contributed by atoms with Gasteiger partial charge in [0, 0.05) is 29.4 Å². The summed E-state index contributed by atoms with van der Waals surface area (Å²) in [5.41, 5.74) is 1.57. The Labute approximate surface area is 205 Å². The monoisotopic (exact) mass is 518 g/mol. The molecule has 184 valence electrons. The summed E-state index contributed by atoms with van der Waals surface area (Å²) in [5, 5.41) is 15.9. The van der Waals surface area contributed by atoms with Gasteiger partial charge in [0.15, 0.2) is 5.13 Å². The summed E-state index contributed by atoms with van der Waals surface area (Å²) in [6.07, 6.45) is 5.47. The van der Waals surface area contributed by atoms with Crippen LogP contribution in [0.25, 0.3) is 11.3 Å². The van der Waals surface area contributed by atoms with Gasteiger partial charge >= 0.3 is 5.97 Å². The van der Waals surface area contributed by atoms with Crippen molar-refractivity contribution < 1.29 is 32.6 Å². The highest BCUT2D eigenvalue weighted by atomic mass is 32.2. The molecule has 0 bridgehead atoms. The minimum Gasteiger partial charge on any atom is -0.478 e. The minimum atomic E-state index is -3.58. The Morgan fingerprint density at radius 3 is 2.63 bits per heavy atom. The van der Waals surface area contributed by atoms with Crippen LogP contribution in [0.1, 0.15) is 10.4 Å². The number of benzene rings is 1. The lowest BCUT2D eigenvalue weighted by molar-refractivity contribution is -0.131. The molecule has 0 aliphatic rings. The molecule has 0 saturated carbocycles. The number of carbonyl (C=O) groups is 3. The Hall–Kier alpha value is -3.81. The Morgan fingerprint density at radius 2 is 1.97 bits per heavy atom. The second kappa shape index (κ2) is 11.6. The van der Waals surface area contributed by atoms with Crippen LogP contribution in [0.15, 0.2) is 66.3 Å². The van der Waals surface area contributed by atoms with Crippen molar-refractivity contribution in [2.45, 2.75) is 6.04 Å². The van der Waals surface area contributed by atoms with Crippen molar-refractivity contribution in [2.24, 2.45) is 0 Å². The second-order valence-electron chi connectivity index (χ2n) is 7.19. The molecule has 3 rings (SSSR count). The zero-order chi connectivity index (χ0) is 25.4. The molecular formula is C22H22N4O7S2. The number of aliphatic carboxylic acids is 1. The zero-order valence-corrected chi connectivity index (χ0v) is 20.1. The van der Waals surface area contributed by atoms with Crippen molar-refractivity contribution in [1.29, 1.82) is 0 Å². The maximum Gasteiger partial charge on any atom is 0.328 e. The molecule has 0 spiro atoms. The van der Waals surface area contributed by atoms with E-state index in [1.165, 1.54) is 29.7 Å². The lowest BCUT2D eigenvalue weighted by Crippen LogP contribution is -2.46. The zero-order valence-electron chi connectivity index (χ0n) is 18.5. The van der Waals surface area contributed by atoms with Gasteiger partial charge in [-0.25, -0.2) is 18.2 Å². The van der Waals surface area contributed by atoms with Crippen LogP contribution in [-0.2, 0) is 24.3 Å². The molecule has 1 aromatic carbocycles. The molecule has 13 heteroatoms. The van der Waals surface area contributed by atoms with E-state index in [1.54, 1.807) is 5.38 Å². The molecule has 2 amide bonds. The fraction of sp³-hybridized carbons (Fsp3) is 0.182. The number of anilines is 1. The van der Waals surface area contributed by atoms with Gasteiger partial charge in [0.1, 0.15) is 6.04 Å². The van der Waals surface area contributed by atoms with E-state index in [9.17, 15) is 22.8 Å². The first kappa shape index (κ1) is 25.8. The van der Waals surface area contributed by atoms with Crippen molar-refractivity contribution in [3.63, 3.8) is 0 Å². The molecule has 3 N–H and O–H groups in total. The van der Waals surface area contributed by atoms with Gasteiger partial charge in [-0.05, 0) is 6.07 Å². The maximum atomic E-state index is 12.9. The van der Waals surface area contributed by atoms with E-state index < -0.39 is 33.8 Å². The molecule has 0 aliphatic carbocycles. The van der Waals surface area contributed by atoms with Crippen molar-refractivity contribution in [3.05, 3.63) is 71.9 Å². The molecule has 3 aromatic rings. The number of nitrogens with zero attached hydrogens (tertiary/aromatic N) is 2. The highest BCUT2D eigenvalue weighted by Crippen LogP contribution is 2.24. The number of carboxylic acid groups (broad SMARTS) is 1. The molecule has 2 heterocycles. The highest BCUT2D eigenvalue weighted by Gasteiger charge is 2.24. The van der Waals surface area contributed by atoms with Gasteiger partial charge < -0.3 is 20.5 Å². The first-order valence-electron chi connectivity index (χ1n) is 10.1. The average Bonchev–Trinajstić information content (AvgIpc) is 3.48. The van der Waals surface area contributed by atoms with Crippen LogP contribution in [0, 0.1) is 0 Å². The summed E-state index contributed by atoms with van der Waals surface area (Å²) in [6, 6.07) is 9.50. The molecule has 0 aliphatic heterocycles. The summed E-state index contributed by atoms with van der Waals surface area (Å²) in [7, 11) is -3.58. The molecule has 1 unspecified atom stereocenters. The standard InChI is InChI=1S/C22H22N4O7S2/c1-35(31,32)26-10-9-16(12-26)20(29)23-17(13-33-11-5-8-19(27)28)21(30)25-22-24-18(14-34-22)15-6-3-2-4-7-15/h2-10,12,14,17H,11,13H2,1H3,(H,23,29)(H,27,28)(H,24,25,30)/b8-5+. The summed E-state index contributed by atoms with van der Waals surface area (Å²) in [6.45, 7) is -0.378. The van der Waals surface area contributed by atoms with Gasteiger partial charge in [0.25, 0.3) is 11.8 Å². The molecule has 0 radical (unpaired) electrons. The summed E-state index contributed by atoms with van der Waals surface area (Å²) >= 11 is 1.20. The highest BCUT2D eigenvalue weighted by molar-refractivity contribution is 7.89. The smallest absolute Gasteiger partial charge is 0.328 e. The quantitative estimate of drug-likeness (QED) is 0.256. The van der Waals surface area contributed by atoms with Gasteiger partial charge in [0.2, 0.25) is 10.0 Å². The minimum absolute atomic E-state index is 0.0274. The van der Waals surface area contributed by atoms with Gasteiger partial charge in [-0.2, -0.15) is 0 Å². The number of carbonyl (C=O) groups excluding carboxylic acids is 2. The van der Waals surface area contributed by atoms with E-state index >= 15 is 0 Å². The maximum absolute atomic E-state index is 12.9. The molecule has 11 nitrogen and oxygen atoms in total. The molecular weight excluding hydrogens is 496 g/mol. The van der Waals surface area contributed by atoms with E-state index in [0.29, 0.717) is 10.8 Å². The van der Waals surface area contributed by atoms with Crippen molar-refractivity contribution in [1.82, 2.24) is 14.3 Å². The van der Waals surface area contributed by atoms with E-state index in [-0.39, 0.29) is 18.8 Å². The van der Waals surface area contributed by atoms with E-state index in [4.69, 9.17) is 9.84 Å². The SMILES string of the molecule is CS(=O)(=O)n1ccc(C(=O)NC(COC/C=C/C(=O)O)C(=O)Nc2nc(-c3ccccc3)cs2)c1. The van der Waals surface area contributed by atoms with Gasteiger partial charge in [-0.1, -0.05) is 36.4 Å². The number of nitrogens with one attached hydrogen (secondary N) is 2. The lowest BCUT2D eigenvalue weighted by Gasteiger charge is -2.17. The van der Waals surface area contributed by atoms with Gasteiger partial charge in [-0.15, -0.1) is 11.3 Å². The molecule has 35 heavy (non-hydrogen) atoms. The third-order valence-electron chi connectivity index (χ3n) is 4.50. The molecule has 1 atom stereocenters. The predicted octanol–water partition coefficient (Wildman–Crippen LogP) is 1.81. The molecule has 0 fully saturated rings. The fourth-order valence-electron chi connectivity index (χ4n) is 2.81. The van der Waals surface area contributed by atoms with Crippen molar-refractivity contribution >= 4 is 44.3 Å². The molecule has 0 saturated heterocycles. The second-order valence-corrected chi connectivity index (χ2v) is 9.94. The number of thiazole rings is 1. The van der Waals surface area contributed by atoms with E-state index in [0.717, 1.165) is 28.1 Å². The lowest BCUT2D eigenvalue weighted by atomic mass is 10.2. The van der Waals surface area contributed by atoms with E-state index in [2.05, 4.69) is 15.6 Å². The number of rotatable bonds is 11. The van der Waals surface area contributed by atoms with Gasteiger partial charge in [-0.3, -0.25) is 13.6 Å². The first-order valence-corrected chi connectivity index (χ1v) is 12.8. The third kappa shape index (κ3) is 7.60. The fourth-order valence-corrected chi connectivity index (χ4v) is 4.12. The van der Waals surface area contributed by atoms with Crippen LogP contribution < -0.4 is 10.6 Å².